The fourth-order valence-corrected chi connectivity index (χ4v) is 7.26. The highest BCUT2D eigenvalue weighted by Crippen LogP contribution is 2.47. The summed E-state index contributed by atoms with van der Waals surface area (Å²) in [6.45, 7) is 2.81. The van der Waals surface area contributed by atoms with Crippen LogP contribution in [-0.2, 0) is 15.9 Å². The molecule has 0 aromatic carbocycles. The summed E-state index contributed by atoms with van der Waals surface area (Å²) in [4.78, 5) is 19.4. The van der Waals surface area contributed by atoms with Crippen LogP contribution in [0.5, 0.6) is 0 Å². The van der Waals surface area contributed by atoms with Crippen LogP contribution in [0.25, 0.3) is 0 Å². The van der Waals surface area contributed by atoms with E-state index in [1.165, 1.54) is 62.7 Å². The number of likely N-dealkylation sites (tertiary alicyclic amines) is 1. The highest BCUT2D eigenvalue weighted by molar-refractivity contribution is 5.68. The van der Waals surface area contributed by atoms with Crippen LogP contribution < -0.4 is 5.32 Å². The second-order valence-corrected chi connectivity index (χ2v) is 12.8. The molecule has 2 aliphatic carbocycles. The largest absolute Gasteiger partial charge is 0.446 e. The maximum atomic E-state index is 12.4. The van der Waals surface area contributed by atoms with Crippen molar-refractivity contribution in [3.63, 3.8) is 0 Å². The fraction of sp³-hybridized carbons (Fsp3) is 0.800. The predicted octanol–water partition coefficient (Wildman–Crippen LogP) is 5.72. The number of carbonyl (C=O) groups excluding carboxylic acids is 1. The van der Waals surface area contributed by atoms with Gasteiger partial charge in [0.25, 0.3) is 0 Å². The van der Waals surface area contributed by atoms with Gasteiger partial charge in [-0.05, 0) is 38.5 Å². The lowest BCUT2D eigenvalue weighted by molar-refractivity contribution is -0.0301. The Morgan fingerprint density at radius 1 is 0.975 bits per heavy atom. The summed E-state index contributed by atoms with van der Waals surface area (Å²) in [5, 5.41) is 13.4. The summed E-state index contributed by atoms with van der Waals surface area (Å²) < 4.78 is 19.3. The molecule has 3 aliphatic heterocycles. The van der Waals surface area contributed by atoms with E-state index in [-0.39, 0.29) is 29.6 Å². The summed E-state index contributed by atoms with van der Waals surface area (Å²) in [5.41, 5.74) is 2.30. The van der Waals surface area contributed by atoms with Crippen molar-refractivity contribution in [2.45, 2.75) is 126 Å². The predicted molar refractivity (Wildman–Crippen MR) is 148 cm³/mol. The van der Waals surface area contributed by atoms with Crippen LogP contribution in [0, 0.1) is 0 Å². The number of anilines is 1. The van der Waals surface area contributed by atoms with Crippen molar-refractivity contribution in [2.75, 3.05) is 31.6 Å². The molecule has 5 aliphatic rings. The molecule has 10 nitrogen and oxygen atoms in total. The molecule has 40 heavy (non-hydrogen) atoms. The lowest BCUT2D eigenvalue weighted by Crippen LogP contribution is -2.49. The molecule has 0 bridgehead atoms. The zero-order chi connectivity index (χ0) is 26.9. The average Bonchev–Trinajstić information content (AvgIpc) is 3.48. The van der Waals surface area contributed by atoms with E-state index in [0.717, 1.165) is 69.9 Å². The number of nitrogens with one attached hydrogen (secondary N) is 1. The van der Waals surface area contributed by atoms with Gasteiger partial charge in [-0.15, -0.1) is 0 Å². The van der Waals surface area contributed by atoms with Crippen molar-refractivity contribution in [1.29, 1.82) is 0 Å². The molecular formula is C30H44N6O4. The van der Waals surface area contributed by atoms with Crippen LogP contribution in [0.4, 0.5) is 10.5 Å². The Morgan fingerprint density at radius 2 is 1.68 bits per heavy atom. The molecule has 1 atom stereocenters. The summed E-state index contributed by atoms with van der Waals surface area (Å²) in [5.74, 6) is 1.86. The van der Waals surface area contributed by atoms with Gasteiger partial charge in [0.1, 0.15) is 6.10 Å². The van der Waals surface area contributed by atoms with Crippen molar-refractivity contribution in [2.24, 2.45) is 0 Å². The second-order valence-electron chi connectivity index (χ2n) is 12.8. The van der Waals surface area contributed by atoms with E-state index in [1.807, 2.05) is 11.1 Å². The molecule has 1 amide bonds. The molecule has 2 aromatic heterocycles. The molecule has 0 radical (unpaired) electrons. The molecule has 1 spiro atoms. The number of hydrogen-bond acceptors (Lipinski definition) is 8. The molecule has 1 unspecified atom stereocenters. The molecule has 7 rings (SSSR count). The van der Waals surface area contributed by atoms with E-state index < -0.39 is 0 Å². The summed E-state index contributed by atoms with van der Waals surface area (Å²) in [6.07, 6.45) is 19.1. The van der Waals surface area contributed by atoms with Crippen molar-refractivity contribution >= 4 is 11.8 Å². The Kier molecular flexibility index (Phi) is 7.45. The van der Waals surface area contributed by atoms with Gasteiger partial charge in [-0.3, -0.25) is 4.68 Å². The monoisotopic (exact) mass is 552 g/mol. The van der Waals surface area contributed by atoms with Gasteiger partial charge in [0.2, 0.25) is 5.89 Å². The third-order valence-electron chi connectivity index (χ3n) is 9.97. The van der Waals surface area contributed by atoms with Crippen LogP contribution in [0.1, 0.15) is 125 Å². The molecule has 218 valence electrons. The van der Waals surface area contributed by atoms with Crippen molar-refractivity contribution < 1.29 is 18.8 Å². The van der Waals surface area contributed by atoms with E-state index in [9.17, 15) is 4.79 Å². The normalized spacial score (nSPS) is 26.4. The van der Waals surface area contributed by atoms with Gasteiger partial charge in [0, 0.05) is 31.0 Å². The molecule has 1 N–H and O–H groups in total. The number of hydrogen-bond donors (Lipinski definition) is 1. The average molecular weight is 553 g/mol. The SMILES string of the molecule is O=C(OC1CC1)N1CCC(c2noc(C3Cc4c(cnn4C4COC4)NC34CCCCCCCCCC4)n2)CC1. The van der Waals surface area contributed by atoms with Gasteiger partial charge in [-0.25, -0.2) is 4.79 Å². The van der Waals surface area contributed by atoms with E-state index in [1.54, 1.807) is 0 Å². The summed E-state index contributed by atoms with van der Waals surface area (Å²) in [7, 11) is 0. The molecule has 2 saturated carbocycles. The van der Waals surface area contributed by atoms with E-state index in [2.05, 4.69) is 15.2 Å². The van der Waals surface area contributed by atoms with E-state index in [4.69, 9.17) is 24.1 Å². The molecule has 10 heteroatoms. The maximum Gasteiger partial charge on any atom is 0.410 e. The van der Waals surface area contributed by atoms with Crippen LogP contribution in [0.3, 0.4) is 0 Å². The molecule has 4 fully saturated rings. The first kappa shape index (κ1) is 26.3. The van der Waals surface area contributed by atoms with Gasteiger partial charge >= 0.3 is 6.09 Å². The summed E-state index contributed by atoms with van der Waals surface area (Å²) in [6, 6.07) is 0.308. The number of piperidine rings is 1. The number of amides is 1. The minimum Gasteiger partial charge on any atom is -0.446 e. The Hall–Kier alpha value is -2.62. The first-order valence-corrected chi connectivity index (χ1v) is 15.9. The first-order chi connectivity index (χ1) is 19.7. The van der Waals surface area contributed by atoms with Gasteiger partial charge in [0.15, 0.2) is 5.82 Å². The van der Waals surface area contributed by atoms with Crippen LogP contribution >= 0.6 is 0 Å². The molecular weight excluding hydrogens is 508 g/mol. The Labute approximate surface area is 236 Å². The quantitative estimate of drug-likeness (QED) is 0.513. The molecule has 2 aromatic rings. The maximum absolute atomic E-state index is 12.4. The summed E-state index contributed by atoms with van der Waals surface area (Å²) >= 11 is 0. The standard InChI is InChI=1S/C30H44N6O4/c37-29(39-23-9-10-23)35-15-11-21(12-16-35)27-32-28(40-34-27)24-17-26-25(18-31-36(26)22-19-38-20-22)33-30(24)13-7-5-3-1-2-4-6-8-14-30/h18,21-24,33H,1-17,19-20H2. The minimum atomic E-state index is -0.166. The van der Waals surface area contributed by atoms with Gasteiger partial charge < -0.3 is 24.2 Å². The number of fused-ring (bicyclic) bond motifs is 1. The van der Waals surface area contributed by atoms with E-state index in [0.29, 0.717) is 19.1 Å². The van der Waals surface area contributed by atoms with Gasteiger partial charge in [-0.2, -0.15) is 10.1 Å². The lowest BCUT2D eigenvalue weighted by atomic mass is 9.71. The Morgan fingerprint density at radius 3 is 2.33 bits per heavy atom. The lowest BCUT2D eigenvalue weighted by Gasteiger charge is -2.45. The topological polar surface area (TPSA) is 108 Å². The second kappa shape index (κ2) is 11.3. The van der Waals surface area contributed by atoms with Crippen molar-refractivity contribution in [3.8, 4) is 0 Å². The van der Waals surface area contributed by atoms with Crippen molar-refractivity contribution in [3.05, 3.63) is 23.6 Å². The Bertz CT molecular complexity index is 1150. The molecule has 5 heterocycles. The van der Waals surface area contributed by atoms with Crippen molar-refractivity contribution in [1.82, 2.24) is 24.8 Å². The number of rotatable bonds is 4. The van der Waals surface area contributed by atoms with E-state index >= 15 is 0 Å². The van der Waals surface area contributed by atoms with Crippen LogP contribution in [0.15, 0.2) is 10.7 Å². The number of nitrogens with zero attached hydrogens (tertiary/aromatic N) is 5. The fourth-order valence-electron chi connectivity index (χ4n) is 7.26. The third-order valence-corrected chi connectivity index (χ3v) is 9.97. The third kappa shape index (κ3) is 5.35. The number of carbonyl (C=O) groups is 1. The smallest absolute Gasteiger partial charge is 0.410 e. The van der Waals surface area contributed by atoms with Gasteiger partial charge in [0.05, 0.1) is 42.8 Å². The zero-order valence-electron chi connectivity index (χ0n) is 23.7. The molecule has 2 saturated heterocycles. The minimum absolute atomic E-state index is 0.104. The van der Waals surface area contributed by atoms with Crippen LogP contribution in [-0.4, -0.2) is 68.9 Å². The highest BCUT2D eigenvalue weighted by Gasteiger charge is 2.47. The number of aromatic nitrogens is 4. The van der Waals surface area contributed by atoms with Crippen LogP contribution in [0.2, 0.25) is 0 Å². The van der Waals surface area contributed by atoms with Gasteiger partial charge in [-0.1, -0.05) is 56.5 Å². The number of ether oxygens (including phenoxy) is 2. The highest BCUT2D eigenvalue weighted by atomic mass is 16.6. The zero-order valence-corrected chi connectivity index (χ0v) is 23.7. The first-order valence-electron chi connectivity index (χ1n) is 15.9. The Balaban J connectivity index is 1.12.